The Morgan fingerprint density at radius 1 is 0.911 bits per heavy atom. The zero-order valence-corrected chi connectivity index (χ0v) is 28.5. The summed E-state index contributed by atoms with van der Waals surface area (Å²) in [7, 11) is -10.5. The number of rotatable bonds is 5. The summed E-state index contributed by atoms with van der Waals surface area (Å²) in [4.78, 5) is 19.2. The summed E-state index contributed by atoms with van der Waals surface area (Å²) in [5.74, 6) is 1.21. The van der Waals surface area contributed by atoms with Crippen LogP contribution in [-0.2, 0) is 41.5 Å². The van der Waals surface area contributed by atoms with Crippen LogP contribution in [0.4, 0.5) is 11.8 Å². The molecule has 2 aliphatic rings. The number of nitrogens with two attached hydrogens (primary N) is 1. The van der Waals surface area contributed by atoms with Crippen molar-refractivity contribution in [1.29, 1.82) is 0 Å². The van der Waals surface area contributed by atoms with Crippen molar-refractivity contribution in [2.45, 2.75) is 13.5 Å². The third-order valence-electron chi connectivity index (χ3n) is 6.45. The highest BCUT2D eigenvalue weighted by Crippen LogP contribution is 2.39. The summed E-state index contributed by atoms with van der Waals surface area (Å²) >= 11 is 1.78. The minimum atomic E-state index is -3.67. The lowest BCUT2D eigenvalue weighted by Gasteiger charge is -2.33. The van der Waals surface area contributed by atoms with Crippen LogP contribution >= 0.6 is 11.3 Å². The third-order valence-corrected chi connectivity index (χ3v) is 9.04. The molecule has 5 heterocycles. The highest BCUT2D eigenvalue weighted by molar-refractivity contribution is 7.88. The predicted molar refractivity (Wildman–Crippen MR) is 173 cm³/mol. The average Bonchev–Trinajstić information content (AvgIpc) is 3.22. The molecule has 0 spiro atoms. The van der Waals surface area contributed by atoms with E-state index in [2.05, 4.69) is 32.8 Å². The van der Waals surface area contributed by atoms with Gasteiger partial charge in [-0.15, -0.1) is 11.3 Å². The number of fused-ring (bicyclic) bond motifs is 1. The number of piperazine rings is 1. The molecule has 5 rings (SSSR count). The maximum absolute atomic E-state index is 11.9. The molecule has 6 N–H and O–H groups in total. The van der Waals surface area contributed by atoms with Crippen LogP contribution in [0.2, 0.25) is 0 Å². The maximum Gasteiger partial charge on any atom is 0.261 e. The van der Waals surface area contributed by atoms with Crippen molar-refractivity contribution in [1.82, 2.24) is 24.2 Å². The molecule has 0 bridgehead atoms. The quantitative estimate of drug-likeness (QED) is 0.288. The van der Waals surface area contributed by atoms with E-state index in [0.29, 0.717) is 38.8 Å². The second-order valence-electron chi connectivity index (χ2n) is 10.2. The van der Waals surface area contributed by atoms with Gasteiger partial charge in [0.2, 0.25) is 16.0 Å². The molecule has 0 amide bonds. The Hall–Kier alpha value is -2.60. The lowest BCUT2D eigenvalue weighted by atomic mass is 10.1. The van der Waals surface area contributed by atoms with Crippen molar-refractivity contribution in [3.63, 3.8) is 0 Å². The SMILES string of the molecule is CS(=O)(=O)O.CS(=O)(=O)O.Cc1c(CN2CCN(S(C)(=O)=O)CC2)sc2c(N3CCOCC3)nc(-c3cnc(N)nc3)cc12.O. The molecule has 2 saturated heterocycles. The highest BCUT2D eigenvalue weighted by atomic mass is 32.2. The molecule has 0 unspecified atom stereocenters. The molecule has 0 atom stereocenters. The van der Waals surface area contributed by atoms with Crippen molar-refractivity contribution in [2.75, 3.05) is 81.9 Å². The van der Waals surface area contributed by atoms with Crippen LogP contribution < -0.4 is 10.6 Å². The summed E-state index contributed by atoms with van der Waals surface area (Å²) in [6, 6.07) is 2.12. The number of morpholine rings is 1. The van der Waals surface area contributed by atoms with Crippen molar-refractivity contribution < 1.29 is 44.6 Å². The zero-order chi connectivity index (χ0) is 32.9. The molecule has 254 valence electrons. The van der Waals surface area contributed by atoms with Gasteiger partial charge in [0.05, 0.1) is 42.4 Å². The van der Waals surface area contributed by atoms with Gasteiger partial charge in [-0.2, -0.15) is 21.1 Å². The van der Waals surface area contributed by atoms with Crippen LogP contribution in [0.5, 0.6) is 0 Å². The molecule has 3 aromatic rings. The van der Waals surface area contributed by atoms with E-state index in [1.807, 2.05) is 0 Å². The molecule has 45 heavy (non-hydrogen) atoms. The topological polar surface area (TPSA) is 258 Å². The fourth-order valence-electron chi connectivity index (χ4n) is 4.43. The molecule has 2 aliphatic heterocycles. The first kappa shape index (κ1) is 38.6. The molecule has 17 nitrogen and oxygen atoms in total. The van der Waals surface area contributed by atoms with Gasteiger partial charge in [0, 0.05) is 74.0 Å². The Morgan fingerprint density at radius 3 is 1.91 bits per heavy atom. The second-order valence-corrected chi connectivity index (χ2v) is 16.2. The number of nitrogen functional groups attached to an aromatic ring is 1. The van der Waals surface area contributed by atoms with Crippen LogP contribution in [0, 0.1) is 6.92 Å². The van der Waals surface area contributed by atoms with Crippen LogP contribution in [0.25, 0.3) is 21.3 Å². The van der Waals surface area contributed by atoms with Gasteiger partial charge in [0.25, 0.3) is 20.2 Å². The van der Waals surface area contributed by atoms with Crippen molar-refractivity contribution in [3.8, 4) is 11.3 Å². The Kier molecular flexibility index (Phi) is 13.5. The highest BCUT2D eigenvalue weighted by Gasteiger charge is 2.26. The molecule has 0 aliphatic carbocycles. The van der Waals surface area contributed by atoms with Gasteiger partial charge in [-0.1, -0.05) is 0 Å². The summed E-state index contributed by atoms with van der Waals surface area (Å²) in [6.07, 6.45) is 6.13. The number of hydrogen-bond acceptors (Lipinski definition) is 14. The first-order valence-electron chi connectivity index (χ1n) is 13.2. The monoisotopic (exact) mass is 713 g/mol. The molecule has 2 fully saturated rings. The summed E-state index contributed by atoms with van der Waals surface area (Å²) in [5.41, 5.74) is 8.57. The number of aryl methyl sites for hydroxylation is 1. The van der Waals surface area contributed by atoms with E-state index in [4.69, 9.17) is 24.6 Å². The van der Waals surface area contributed by atoms with Crippen LogP contribution in [-0.4, -0.2) is 135 Å². The summed E-state index contributed by atoms with van der Waals surface area (Å²) < 4.78 is 83.7. The van der Waals surface area contributed by atoms with Crippen molar-refractivity contribution in [2.24, 2.45) is 0 Å². The minimum Gasteiger partial charge on any atom is -0.412 e. The number of ether oxygens (including phenoxy) is 1. The van der Waals surface area contributed by atoms with E-state index in [1.54, 1.807) is 28.0 Å². The van der Waals surface area contributed by atoms with Gasteiger partial charge in [-0.25, -0.2) is 23.4 Å². The lowest BCUT2D eigenvalue weighted by Crippen LogP contribution is -2.47. The molecular weight excluding hydrogens is 675 g/mol. The third kappa shape index (κ3) is 12.6. The van der Waals surface area contributed by atoms with Crippen molar-refractivity contribution in [3.05, 3.63) is 28.9 Å². The van der Waals surface area contributed by atoms with E-state index in [-0.39, 0.29) is 11.4 Å². The Balaban J connectivity index is 0.000000560. The van der Waals surface area contributed by atoms with Gasteiger partial charge < -0.3 is 20.8 Å². The largest absolute Gasteiger partial charge is 0.412 e. The Bertz CT molecular complexity index is 1710. The number of aromatic nitrogens is 3. The molecule has 21 heteroatoms. The normalized spacial score (nSPS) is 16.6. The van der Waals surface area contributed by atoms with Crippen LogP contribution in [0.1, 0.15) is 10.4 Å². The van der Waals surface area contributed by atoms with E-state index in [0.717, 1.165) is 49.8 Å². The van der Waals surface area contributed by atoms with Crippen molar-refractivity contribution >= 4 is 63.4 Å². The van der Waals surface area contributed by atoms with Gasteiger partial charge in [0.1, 0.15) is 5.82 Å². The summed E-state index contributed by atoms with van der Waals surface area (Å²) in [5, 5.41) is 1.18. The van der Waals surface area contributed by atoms with Gasteiger partial charge in [-0.3, -0.25) is 14.0 Å². The first-order valence-corrected chi connectivity index (χ1v) is 19.5. The average molecular weight is 714 g/mol. The maximum atomic E-state index is 11.9. The number of sulfonamides is 1. The lowest BCUT2D eigenvalue weighted by molar-refractivity contribution is 0.122. The van der Waals surface area contributed by atoms with Gasteiger partial charge in [0.15, 0.2) is 0 Å². The number of thiophene rings is 1. The number of anilines is 2. The Labute approximate surface area is 266 Å². The molecule has 0 saturated carbocycles. The van der Waals surface area contributed by atoms with E-state index in [9.17, 15) is 25.3 Å². The van der Waals surface area contributed by atoms with Gasteiger partial charge in [-0.05, 0) is 18.6 Å². The second kappa shape index (κ2) is 15.8. The smallest absolute Gasteiger partial charge is 0.261 e. The zero-order valence-electron chi connectivity index (χ0n) is 25.2. The predicted octanol–water partition coefficient (Wildman–Crippen LogP) is -0.259. The van der Waals surface area contributed by atoms with Crippen LogP contribution in [0.15, 0.2) is 18.5 Å². The molecule has 0 aromatic carbocycles. The van der Waals surface area contributed by atoms with Gasteiger partial charge >= 0.3 is 0 Å². The Morgan fingerprint density at radius 2 is 1.42 bits per heavy atom. The first-order chi connectivity index (χ1) is 20.3. The van der Waals surface area contributed by atoms with E-state index < -0.39 is 30.3 Å². The fourth-order valence-corrected chi connectivity index (χ4v) is 6.60. The van der Waals surface area contributed by atoms with E-state index >= 15 is 0 Å². The molecule has 0 radical (unpaired) electrons. The summed E-state index contributed by atoms with van der Waals surface area (Å²) in [6.45, 7) is 8.42. The fraction of sp³-hybridized carbons (Fsp3) is 0.542. The molecule has 3 aromatic heterocycles. The number of pyridine rings is 1. The standard InChI is InChI=1S/C22H29N7O3S2.2CH4O3S.H2O/c1-15-17-11-18(16-12-24-22(23)25-13-16)26-21(28-7-9-32-10-8-28)20(17)33-19(15)14-27-3-5-29(6-4-27)34(2,30)31;2*1-5(2,3)4;/h11-13H,3-10,14H2,1-2H3,(H2,23,24,25);2*1H3,(H,2,3,4);1H2. The molecular formula is C24H39N7O10S4. The minimum absolute atomic E-state index is 0. The van der Waals surface area contributed by atoms with E-state index in [1.165, 1.54) is 26.8 Å². The number of nitrogens with zero attached hydrogens (tertiary/aromatic N) is 6. The van der Waals surface area contributed by atoms with Crippen LogP contribution in [0.3, 0.4) is 0 Å². The number of hydrogen-bond donors (Lipinski definition) is 3.